The van der Waals surface area contributed by atoms with Crippen LogP contribution >= 0.6 is 0 Å². The van der Waals surface area contributed by atoms with Gasteiger partial charge in [0.25, 0.3) is 5.91 Å². The number of carbonyl (C=O) groups excluding carboxylic acids is 2. The van der Waals surface area contributed by atoms with Crippen LogP contribution in [0.25, 0.3) is 0 Å². The Bertz CT molecular complexity index is 1200. The molecule has 2 aliphatic rings. The van der Waals surface area contributed by atoms with Crippen molar-refractivity contribution in [3.63, 3.8) is 0 Å². The number of hydrogen-bond donors (Lipinski definition) is 2. The Morgan fingerprint density at radius 2 is 2.00 bits per heavy atom. The van der Waals surface area contributed by atoms with Gasteiger partial charge in [0.2, 0.25) is 15.9 Å². The third kappa shape index (κ3) is 4.33. The first-order valence-corrected chi connectivity index (χ1v) is 11.7. The Kier molecular flexibility index (Phi) is 5.91. The molecule has 8 nitrogen and oxygen atoms in total. The molecule has 2 aliphatic heterocycles. The highest BCUT2D eigenvalue weighted by molar-refractivity contribution is 7.89. The number of amides is 2. The number of aryl methyl sites for hydroxylation is 2. The number of hydrogen-bond acceptors (Lipinski definition) is 5. The first kappa shape index (κ1) is 22.2. The molecular formula is C22H24FN3O5S. The van der Waals surface area contributed by atoms with Crippen molar-refractivity contribution in [2.24, 2.45) is 5.92 Å². The summed E-state index contributed by atoms with van der Waals surface area (Å²) in [5.41, 5.74) is 2.00. The summed E-state index contributed by atoms with van der Waals surface area (Å²) in [4.78, 5) is 24.4. The Morgan fingerprint density at radius 1 is 1.22 bits per heavy atom. The van der Waals surface area contributed by atoms with E-state index in [4.69, 9.17) is 4.74 Å². The van der Waals surface area contributed by atoms with Crippen LogP contribution in [0.1, 0.15) is 24.0 Å². The van der Waals surface area contributed by atoms with E-state index in [1.807, 2.05) is 0 Å². The predicted molar refractivity (Wildman–Crippen MR) is 117 cm³/mol. The Labute approximate surface area is 185 Å². The molecule has 2 N–H and O–H groups in total. The fourth-order valence-corrected chi connectivity index (χ4v) is 5.76. The van der Waals surface area contributed by atoms with Crippen molar-refractivity contribution in [2.75, 3.05) is 30.3 Å². The Balaban J connectivity index is 1.53. The zero-order valence-electron chi connectivity index (χ0n) is 17.8. The summed E-state index contributed by atoms with van der Waals surface area (Å²) >= 11 is 0. The van der Waals surface area contributed by atoms with Gasteiger partial charge in [0.05, 0.1) is 16.5 Å². The van der Waals surface area contributed by atoms with Gasteiger partial charge in [0.1, 0.15) is 11.6 Å². The minimum atomic E-state index is -3.88. The first-order chi connectivity index (χ1) is 15.1. The van der Waals surface area contributed by atoms with Crippen molar-refractivity contribution in [2.45, 2.75) is 31.6 Å². The number of carbonyl (C=O) groups is 2. The smallest absolute Gasteiger partial charge is 0.262 e. The van der Waals surface area contributed by atoms with E-state index < -0.39 is 15.9 Å². The predicted octanol–water partition coefficient (Wildman–Crippen LogP) is 2.81. The SMILES string of the molecule is Cc1cc(F)ccc1NC(=O)C1CCCN(S(=O)(=O)c2cc3c(cc2C)NC(=O)CO3)C1. The summed E-state index contributed by atoms with van der Waals surface area (Å²) in [7, 11) is -3.88. The second kappa shape index (κ2) is 8.51. The van der Waals surface area contributed by atoms with Gasteiger partial charge in [-0.25, -0.2) is 12.8 Å². The number of halogens is 1. The van der Waals surface area contributed by atoms with E-state index in [-0.39, 0.29) is 35.7 Å². The second-order valence-electron chi connectivity index (χ2n) is 8.10. The van der Waals surface area contributed by atoms with Gasteiger partial charge in [-0.1, -0.05) is 0 Å². The molecule has 2 aromatic rings. The van der Waals surface area contributed by atoms with Crippen LogP contribution in [-0.2, 0) is 19.6 Å². The molecule has 1 atom stereocenters. The lowest BCUT2D eigenvalue weighted by atomic mass is 9.98. The van der Waals surface area contributed by atoms with Crippen molar-refractivity contribution in [1.82, 2.24) is 4.31 Å². The molecule has 1 unspecified atom stereocenters. The van der Waals surface area contributed by atoms with E-state index in [1.165, 1.54) is 28.6 Å². The lowest BCUT2D eigenvalue weighted by molar-refractivity contribution is -0.121. The van der Waals surface area contributed by atoms with Crippen LogP contribution in [0.5, 0.6) is 5.75 Å². The van der Waals surface area contributed by atoms with Crippen LogP contribution in [0.2, 0.25) is 0 Å². The summed E-state index contributed by atoms with van der Waals surface area (Å²) in [5, 5.41) is 5.45. The largest absolute Gasteiger partial charge is 0.482 e. The maximum absolute atomic E-state index is 13.4. The molecule has 0 aromatic heterocycles. The number of benzene rings is 2. The third-order valence-corrected chi connectivity index (χ3v) is 7.74. The molecule has 2 heterocycles. The first-order valence-electron chi connectivity index (χ1n) is 10.3. The van der Waals surface area contributed by atoms with Crippen molar-refractivity contribution < 1.29 is 27.1 Å². The minimum absolute atomic E-state index is 0.0442. The van der Waals surface area contributed by atoms with Crippen LogP contribution in [-0.4, -0.2) is 44.2 Å². The number of piperidine rings is 1. The summed E-state index contributed by atoms with van der Waals surface area (Å²) in [6.45, 7) is 3.52. The van der Waals surface area contributed by atoms with E-state index in [0.717, 1.165) is 0 Å². The normalized spacial score (nSPS) is 19.0. The van der Waals surface area contributed by atoms with Crippen LogP contribution in [0.15, 0.2) is 35.2 Å². The van der Waals surface area contributed by atoms with E-state index in [1.54, 1.807) is 19.9 Å². The van der Waals surface area contributed by atoms with Crippen LogP contribution < -0.4 is 15.4 Å². The zero-order valence-corrected chi connectivity index (χ0v) is 18.6. The molecule has 10 heteroatoms. The third-order valence-electron chi connectivity index (χ3n) is 5.73. The highest BCUT2D eigenvalue weighted by Gasteiger charge is 2.35. The number of nitrogens with zero attached hydrogens (tertiary/aromatic N) is 1. The van der Waals surface area contributed by atoms with Gasteiger partial charge in [-0.3, -0.25) is 9.59 Å². The van der Waals surface area contributed by atoms with Crippen molar-refractivity contribution in [3.05, 3.63) is 47.3 Å². The van der Waals surface area contributed by atoms with Crippen molar-refractivity contribution in [3.8, 4) is 5.75 Å². The summed E-state index contributed by atoms with van der Waals surface area (Å²) in [5.74, 6) is -1.22. The minimum Gasteiger partial charge on any atom is -0.482 e. The van der Waals surface area contributed by atoms with Crippen molar-refractivity contribution in [1.29, 1.82) is 0 Å². The molecule has 0 aliphatic carbocycles. The van der Waals surface area contributed by atoms with Gasteiger partial charge in [-0.2, -0.15) is 4.31 Å². The molecular weight excluding hydrogens is 437 g/mol. The zero-order chi connectivity index (χ0) is 23.0. The number of fused-ring (bicyclic) bond motifs is 1. The quantitative estimate of drug-likeness (QED) is 0.729. The summed E-state index contributed by atoms with van der Waals surface area (Å²) in [6, 6.07) is 7.09. The number of nitrogens with one attached hydrogen (secondary N) is 2. The van der Waals surface area contributed by atoms with Gasteiger partial charge >= 0.3 is 0 Å². The fraction of sp³-hybridized carbons (Fsp3) is 0.364. The average Bonchev–Trinajstić information content (AvgIpc) is 2.75. The molecule has 2 amide bonds. The van der Waals surface area contributed by atoms with Crippen LogP contribution in [0.4, 0.5) is 15.8 Å². The van der Waals surface area contributed by atoms with Gasteiger partial charge in [0.15, 0.2) is 6.61 Å². The number of ether oxygens (including phenoxy) is 1. The molecule has 1 saturated heterocycles. The maximum atomic E-state index is 13.4. The average molecular weight is 462 g/mol. The van der Waals surface area contributed by atoms with Gasteiger partial charge in [0, 0.05) is 24.8 Å². The molecule has 0 spiro atoms. The maximum Gasteiger partial charge on any atom is 0.262 e. The van der Waals surface area contributed by atoms with E-state index in [9.17, 15) is 22.4 Å². The fourth-order valence-electron chi connectivity index (χ4n) is 4.01. The van der Waals surface area contributed by atoms with Crippen LogP contribution in [0.3, 0.4) is 0 Å². The van der Waals surface area contributed by atoms with E-state index in [2.05, 4.69) is 10.6 Å². The van der Waals surface area contributed by atoms with Crippen molar-refractivity contribution >= 4 is 33.2 Å². The highest BCUT2D eigenvalue weighted by Crippen LogP contribution is 2.35. The monoisotopic (exact) mass is 461 g/mol. The summed E-state index contributed by atoms with van der Waals surface area (Å²) in [6.07, 6.45) is 1.09. The summed E-state index contributed by atoms with van der Waals surface area (Å²) < 4.78 is 46.8. The second-order valence-corrected chi connectivity index (χ2v) is 10.0. The Morgan fingerprint density at radius 3 is 2.75 bits per heavy atom. The van der Waals surface area contributed by atoms with Gasteiger partial charge < -0.3 is 15.4 Å². The lowest BCUT2D eigenvalue weighted by Gasteiger charge is -2.32. The van der Waals surface area contributed by atoms with Gasteiger partial charge in [-0.15, -0.1) is 0 Å². The van der Waals surface area contributed by atoms with E-state index in [0.29, 0.717) is 47.6 Å². The highest BCUT2D eigenvalue weighted by atomic mass is 32.2. The molecule has 1 fully saturated rings. The number of rotatable bonds is 4. The Hall–Kier alpha value is -2.98. The topological polar surface area (TPSA) is 105 Å². The molecule has 0 radical (unpaired) electrons. The molecule has 0 bridgehead atoms. The van der Waals surface area contributed by atoms with Crippen LogP contribution in [0, 0.1) is 25.6 Å². The lowest BCUT2D eigenvalue weighted by Crippen LogP contribution is -2.44. The molecule has 32 heavy (non-hydrogen) atoms. The standard InChI is InChI=1S/C22H24FN3O5S/c1-13-8-16(23)5-6-17(13)25-22(28)15-4-3-7-26(11-15)32(29,30)20-10-19-18(9-14(20)2)24-21(27)12-31-19/h5-6,8-10,15H,3-4,7,11-12H2,1-2H3,(H,24,27)(H,25,28). The number of sulfonamides is 1. The van der Waals surface area contributed by atoms with E-state index >= 15 is 0 Å². The number of anilines is 2. The molecule has 0 saturated carbocycles. The van der Waals surface area contributed by atoms with Gasteiger partial charge in [-0.05, 0) is 62.1 Å². The molecule has 170 valence electrons. The molecule has 4 rings (SSSR count). The molecule has 2 aromatic carbocycles.